The number of aromatic nitrogens is 1. The molecule has 0 bridgehead atoms. The first kappa shape index (κ1) is 11.4. The van der Waals surface area contributed by atoms with Gasteiger partial charge in [-0.1, -0.05) is 11.6 Å². The van der Waals surface area contributed by atoms with Crippen molar-refractivity contribution in [2.24, 2.45) is 0 Å². The molecule has 1 saturated heterocycles. The van der Waals surface area contributed by atoms with Gasteiger partial charge in [0.25, 0.3) is 5.91 Å². The SMILES string of the molecule is CN1CCC(NC(=O)c2ccc(Cl)nc2)C1. The zero-order valence-corrected chi connectivity index (χ0v) is 9.87. The Morgan fingerprint density at radius 3 is 3.00 bits per heavy atom. The van der Waals surface area contributed by atoms with Crippen LogP contribution in [0.25, 0.3) is 0 Å². The molecule has 0 spiro atoms. The van der Waals surface area contributed by atoms with Crippen LogP contribution >= 0.6 is 11.6 Å². The van der Waals surface area contributed by atoms with E-state index >= 15 is 0 Å². The van der Waals surface area contributed by atoms with Crippen molar-refractivity contribution in [1.29, 1.82) is 0 Å². The molecule has 16 heavy (non-hydrogen) atoms. The van der Waals surface area contributed by atoms with Crippen LogP contribution in [-0.2, 0) is 0 Å². The van der Waals surface area contributed by atoms with E-state index in [0.29, 0.717) is 10.7 Å². The number of hydrogen-bond donors (Lipinski definition) is 1. The number of halogens is 1. The zero-order valence-electron chi connectivity index (χ0n) is 9.11. The number of likely N-dealkylation sites (tertiary alicyclic amines) is 1. The van der Waals surface area contributed by atoms with E-state index in [9.17, 15) is 4.79 Å². The lowest BCUT2D eigenvalue weighted by Crippen LogP contribution is -2.36. The van der Waals surface area contributed by atoms with Gasteiger partial charge in [0.15, 0.2) is 0 Å². The van der Waals surface area contributed by atoms with Crippen molar-refractivity contribution in [3.05, 3.63) is 29.0 Å². The summed E-state index contributed by atoms with van der Waals surface area (Å²) < 4.78 is 0. The van der Waals surface area contributed by atoms with Gasteiger partial charge in [-0.2, -0.15) is 0 Å². The molecule has 1 unspecified atom stereocenters. The minimum Gasteiger partial charge on any atom is -0.348 e. The van der Waals surface area contributed by atoms with Gasteiger partial charge in [-0.3, -0.25) is 4.79 Å². The van der Waals surface area contributed by atoms with Gasteiger partial charge in [0.2, 0.25) is 0 Å². The molecule has 1 aliphatic rings. The summed E-state index contributed by atoms with van der Waals surface area (Å²) in [6.07, 6.45) is 2.50. The molecule has 1 aromatic rings. The summed E-state index contributed by atoms with van der Waals surface area (Å²) in [5.41, 5.74) is 0.555. The van der Waals surface area contributed by atoms with Crippen LogP contribution in [0.2, 0.25) is 5.15 Å². The minimum atomic E-state index is -0.0792. The summed E-state index contributed by atoms with van der Waals surface area (Å²) in [6, 6.07) is 3.55. The lowest BCUT2D eigenvalue weighted by atomic mass is 10.2. The predicted octanol–water partition coefficient (Wildman–Crippen LogP) is 1.17. The molecule has 1 aliphatic heterocycles. The van der Waals surface area contributed by atoms with Crippen LogP contribution in [0, 0.1) is 0 Å². The molecule has 0 radical (unpaired) electrons. The molecule has 4 nitrogen and oxygen atoms in total. The topological polar surface area (TPSA) is 45.2 Å². The highest BCUT2D eigenvalue weighted by molar-refractivity contribution is 6.29. The average Bonchev–Trinajstić information content (AvgIpc) is 2.65. The Kier molecular flexibility index (Phi) is 3.41. The Balaban J connectivity index is 1.95. The normalized spacial score (nSPS) is 21.0. The Morgan fingerprint density at radius 1 is 1.62 bits per heavy atom. The second-order valence-electron chi connectivity index (χ2n) is 4.09. The maximum Gasteiger partial charge on any atom is 0.253 e. The highest BCUT2D eigenvalue weighted by Crippen LogP contribution is 2.09. The number of pyridine rings is 1. The number of carbonyl (C=O) groups excluding carboxylic acids is 1. The number of nitrogens with one attached hydrogen (secondary N) is 1. The molecule has 86 valence electrons. The first-order valence-corrected chi connectivity index (χ1v) is 5.64. The maximum absolute atomic E-state index is 11.8. The largest absolute Gasteiger partial charge is 0.348 e. The molecule has 2 heterocycles. The third kappa shape index (κ3) is 2.71. The summed E-state index contributed by atoms with van der Waals surface area (Å²) in [7, 11) is 2.05. The highest BCUT2D eigenvalue weighted by Gasteiger charge is 2.21. The van der Waals surface area contributed by atoms with E-state index in [2.05, 4.69) is 22.2 Å². The predicted molar refractivity (Wildman–Crippen MR) is 62.6 cm³/mol. The van der Waals surface area contributed by atoms with Gasteiger partial charge in [-0.15, -0.1) is 0 Å². The maximum atomic E-state index is 11.8. The molecule has 0 aliphatic carbocycles. The molecule has 0 saturated carbocycles. The Bertz CT molecular complexity index is 379. The number of rotatable bonds is 2. The average molecular weight is 240 g/mol. The smallest absolute Gasteiger partial charge is 0.253 e. The summed E-state index contributed by atoms with van der Waals surface area (Å²) >= 11 is 5.66. The van der Waals surface area contributed by atoms with Crippen molar-refractivity contribution < 1.29 is 4.79 Å². The monoisotopic (exact) mass is 239 g/mol. The van der Waals surface area contributed by atoms with Gasteiger partial charge in [0, 0.05) is 18.8 Å². The lowest BCUT2D eigenvalue weighted by Gasteiger charge is -2.12. The molecular weight excluding hydrogens is 226 g/mol. The van der Waals surface area contributed by atoms with E-state index in [1.165, 1.54) is 6.20 Å². The fourth-order valence-electron chi connectivity index (χ4n) is 1.83. The molecule has 1 fully saturated rings. The number of amides is 1. The summed E-state index contributed by atoms with van der Waals surface area (Å²) in [4.78, 5) is 17.9. The van der Waals surface area contributed by atoms with Gasteiger partial charge in [0.05, 0.1) is 5.56 Å². The van der Waals surface area contributed by atoms with Crippen molar-refractivity contribution in [2.45, 2.75) is 12.5 Å². The van der Waals surface area contributed by atoms with Gasteiger partial charge in [-0.05, 0) is 32.1 Å². The molecule has 1 N–H and O–H groups in total. The van der Waals surface area contributed by atoms with Crippen molar-refractivity contribution in [2.75, 3.05) is 20.1 Å². The van der Waals surface area contributed by atoms with Gasteiger partial charge < -0.3 is 10.2 Å². The Hall–Kier alpha value is -1.13. The number of likely N-dealkylation sites (N-methyl/N-ethyl adjacent to an activating group) is 1. The van der Waals surface area contributed by atoms with E-state index in [-0.39, 0.29) is 11.9 Å². The van der Waals surface area contributed by atoms with Crippen molar-refractivity contribution in [3.63, 3.8) is 0 Å². The molecule has 1 amide bonds. The summed E-state index contributed by atoms with van der Waals surface area (Å²) in [6.45, 7) is 1.94. The van der Waals surface area contributed by atoms with E-state index < -0.39 is 0 Å². The van der Waals surface area contributed by atoms with Crippen LogP contribution < -0.4 is 5.32 Å². The van der Waals surface area contributed by atoms with Crippen LogP contribution in [0.5, 0.6) is 0 Å². The minimum absolute atomic E-state index is 0.0792. The third-order valence-electron chi connectivity index (χ3n) is 2.72. The lowest BCUT2D eigenvalue weighted by molar-refractivity contribution is 0.0938. The van der Waals surface area contributed by atoms with E-state index in [4.69, 9.17) is 11.6 Å². The van der Waals surface area contributed by atoms with Crippen LogP contribution in [0.4, 0.5) is 0 Å². The summed E-state index contributed by atoms with van der Waals surface area (Å²) in [5, 5.41) is 3.38. The molecule has 5 heteroatoms. The highest BCUT2D eigenvalue weighted by atomic mass is 35.5. The van der Waals surface area contributed by atoms with Gasteiger partial charge in [0.1, 0.15) is 5.15 Å². The van der Waals surface area contributed by atoms with Crippen molar-refractivity contribution >= 4 is 17.5 Å². The molecule has 2 rings (SSSR count). The van der Waals surface area contributed by atoms with Crippen LogP contribution in [0.15, 0.2) is 18.3 Å². The molecule has 1 atom stereocenters. The zero-order chi connectivity index (χ0) is 11.5. The van der Waals surface area contributed by atoms with Crippen LogP contribution in [-0.4, -0.2) is 42.0 Å². The summed E-state index contributed by atoms with van der Waals surface area (Å²) in [5.74, 6) is -0.0792. The number of carbonyl (C=O) groups is 1. The number of nitrogens with zero attached hydrogens (tertiary/aromatic N) is 2. The second-order valence-corrected chi connectivity index (χ2v) is 4.48. The first-order chi connectivity index (χ1) is 7.65. The number of hydrogen-bond acceptors (Lipinski definition) is 3. The fraction of sp³-hybridized carbons (Fsp3) is 0.455. The van der Waals surface area contributed by atoms with Crippen LogP contribution in [0.1, 0.15) is 16.8 Å². The van der Waals surface area contributed by atoms with Crippen molar-refractivity contribution in [3.8, 4) is 0 Å². The fourth-order valence-corrected chi connectivity index (χ4v) is 1.94. The van der Waals surface area contributed by atoms with Gasteiger partial charge >= 0.3 is 0 Å². The van der Waals surface area contributed by atoms with E-state index in [1.807, 2.05) is 0 Å². The molecular formula is C11H14ClN3O. The van der Waals surface area contributed by atoms with Gasteiger partial charge in [-0.25, -0.2) is 4.98 Å². The Labute approximate surface area is 99.6 Å². The quantitative estimate of drug-likeness (QED) is 0.788. The standard InChI is InChI=1S/C11H14ClN3O/c1-15-5-4-9(7-15)14-11(16)8-2-3-10(12)13-6-8/h2-3,6,9H,4-5,7H2,1H3,(H,14,16). The Morgan fingerprint density at radius 2 is 2.44 bits per heavy atom. The third-order valence-corrected chi connectivity index (χ3v) is 2.94. The first-order valence-electron chi connectivity index (χ1n) is 5.26. The van der Waals surface area contributed by atoms with E-state index in [0.717, 1.165) is 19.5 Å². The molecule has 0 aromatic carbocycles. The van der Waals surface area contributed by atoms with E-state index in [1.54, 1.807) is 12.1 Å². The van der Waals surface area contributed by atoms with Crippen LogP contribution in [0.3, 0.4) is 0 Å². The molecule has 1 aromatic heterocycles. The second kappa shape index (κ2) is 4.80. The van der Waals surface area contributed by atoms with Crippen molar-refractivity contribution in [1.82, 2.24) is 15.2 Å².